The summed E-state index contributed by atoms with van der Waals surface area (Å²) in [7, 11) is 0. The fourth-order valence-corrected chi connectivity index (χ4v) is 4.60. The van der Waals surface area contributed by atoms with Crippen LogP contribution in [0, 0.1) is 0 Å². The van der Waals surface area contributed by atoms with E-state index in [4.69, 9.17) is 19.0 Å². The van der Waals surface area contributed by atoms with Crippen molar-refractivity contribution in [2.24, 2.45) is 0 Å². The molecule has 1 saturated heterocycles. The van der Waals surface area contributed by atoms with Crippen LogP contribution in [-0.4, -0.2) is 40.3 Å². The van der Waals surface area contributed by atoms with Gasteiger partial charge < -0.3 is 19.0 Å². The Labute approximate surface area is 176 Å². The normalized spacial score (nSPS) is 15.6. The summed E-state index contributed by atoms with van der Waals surface area (Å²) in [4.78, 5) is 17.4. The van der Waals surface area contributed by atoms with Gasteiger partial charge in [0.15, 0.2) is 0 Å². The topological polar surface area (TPSA) is 85.0 Å². The summed E-state index contributed by atoms with van der Waals surface area (Å²) in [5, 5.41) is 10.3. The molecule has 7 nitrogen and oxygen atoms in total. The Hall–Kier alpha value is -3.10. The Bertz CT molecular complexity index is 1160. The number of para-hydroxylation sites is 1. The van der Waals surface area contributed by atoms with Crippen molar-refractivity contribution in [3.8, 4) is 10.9 Å². The Morgan fingerprint density at radius 3 is 2.83 bits per heavy atom. The van der Waals surface area contributed by atoms with Crippen LogP contribution in [0.25, 0.3) is 21.2 Å². The zero-order chi connectivity index (χ0) is 20.5. The molecule has 5 rings (SSSR count). The number of aromatic nitrogens is 1. The third-order valence-corrected chi connectivity index (χ3v) is 6.11. The standard InChI is InChI=1S/C22H20N2O5S/c25-22(26)29-15-7-9-24(10-8-15)13-17-12-14-11-16(5-6-19(14)27-17)28-21-23-18-3-1-2-4-20(18)30-21/h1-6,11-12,15H,7-10,13H2,(H,25,26). The second-order valence-electron chi connectivity index (χ2n) is 7.32. The molecule has 154 valence electrons. The van der Waals surface area contributed by atoms with Crippen LogP contribution in [0.2, 0.25) is 0 Å². The van der Waals surface area contributed by atoms with Gasteiger partial charge in [-0.2, -0.15) is 0 Å². The number of likely N-dealkylation sites (tertiary alicyclic amines) is 1. The van der Waals surface area contributed by atoms with E-state index in [0.717, 1.165) is 45.8 Å². The van der Waals surface area contributed by atoms with Crippen LogP contribution >= 0.6 is 11.3 Å². The molecule has 0 spiro atoms. The van der Waals surface area contributed by atoms with Crippen LogP contribution in [0.5, 0.6) is 10.9 Å². The number of benzene rings is 2. The van der Waals surface area contributed by atoms with Crippen LogP contribution in [0.4, 0.5) is 4.79 Å². The number of rotatable bonds is 5. The number of ether oxygens (including phenoxy) is 2. The van der Waals surface area contributed by atoms with Crippen LogP contribution in [0.3, 0.4) is 0 Å². The summed E-state index contributed by atoms with van der Waals surface area (Å²) in [5.74, 6) is 1.60. The molecule has 1 fully saturated rings. The first-order valence-corrected chi connectivity index (χ1v) is 10.6. The van der Waals surface area contributed by atoms with E-state index in [9.17, 15) is 4.79 Å². The summed E-state index contributed by atoms with van der Waals surface area (Å²) in [6.45, 7) is 2.24. The van der Waals surface area contributed by atoms with E-state index < -0.39 is 6.16 Å². The highest BCUT2D eigenvalue weighted by molar-refractivity contribution is 7.20. The summed E-state index contributed by atoms with van der Waals surface area (Å²) < 4.78 is 17.9. The SMILES string of the molecule is O=C(O)OC1CCN(Cc2cc3cc(Oc4nc5ccccc5s4)ccc3o2)CC1. The molecule has 8 heteroatoms. The van der Waals surface area contributed by atoms with Crippen molar-refractivity contribution in [2.75, 3.05) is 13.1 Å². The van der Waals surface area contributed by atoms with Gasteiger partial charge in [0, 0.05) is 18.5 Å². The number of piperidine rings is 1. The molecule has 2 aromatic heterocycles. The van der Waals surface area contributed by atoms with Crippen LogP contribution in [0.1, 0.15) is 18.6 Å². The maximum Gasteiger partial charge on any atom is 0.506 e. The van der Waals surface area contributed by atoms with E-state index >= 15 is 0 Å². The van der Waals surface area contributed by atoms with E-state index in [2.05, 4.69) is 9.88 Å². The molecule has 2 aromatic carbocycles. The average Bonchev–Trinajstić information content (AvgIpc) is 3.31. The van der Waals surface area contributed by atoms with E-state index in [0.29, 0.717) is 24.6 Å². The highest BCUT2D eigenvalue weighted by atomic mass is 32.1. The van der Waals surface area contributed by atoms with Gasteiger partial charge in [0.05, 0.1) is 16.8 Å². The van der Waals surface area contributed by atoms with Gasteiger partial charge in [-0.05, 0) is 49.2 Å². The maximum absolute atomic E-state index is 10.7. The number of carbonyl (C=O) groups is 1. The zero-order valence-corrected chi connectivity index (χ0v) is 16.9. The fraction of sp³-hybridized carbons (Fsp3) is 0.273. The second-order valence-corrected chi connectivity index (χ2v) is 8.31. The Morgan fingerprint density at radius 1 is 1.20 bits per heavy atom. The van der Waals surface area contributed by atoms with Gasteiger partial charge >= 0.3 is 6.16 Å². The van der Waals surface area contributed by atoms with Gasteiger partial charge in [0.25, 0.3) is 5.19 Å². The second kappa shape index (κ2) is 7.97. The lowest BCUT2D eigenvalue weighted by atomic mass is 10.1. The molecule has 4 aromatic rings. The van der Waals surface area contributed by atoms with Gasteiger partial charge in [0.2, 0.25) is 0 Å². The number of fused-ring (bicyclic) bond motifs is 2. The smallest absolute Gasteiger partial charge is 0.460 e. The molecular weight excluding hydrogens is 404 g/mol. The van der Waals surface area contributed by atoms with Gasteiger partial charge in [-0.3, -0.25) is 4.90 Å². The number of nitrogens with zero attached hydrogens (tertiary/aromatic N) is 2. The largest absolute Gasteiger partial charge is 0.506 e. The maximum atomic E-state index is 10.7. The van der Waals surface area contributed by atoms with Crippen LogP contribution in [0.15, 0.2) is 52.9 Å². The van der Waals surface area contributed by atoms with Crippen LogP contribution < -0.4 is 4.74 Å². The highest BCUT2D eigenvalue weighted by Crippen LogP contribution is 2.33. The molecular formula is C22H20N2O5S. The first-order valence-electron chi connectivity index (χ1n) is 9.80. The summed E-state index contributed by atoms with van der Waals surface area (Å²) >= 11 is 1.52. The van der Waals surface area contributed by atoms with Crippen molar-refractivity contribution in [2.45, 2.75) is 25.5 Å². The monoisotopic (exact) mass is 424 g/mol. The van der Waals surface area contributed by atoms with Crippen molar-refractivity contribution in [3.63, 3.8) is 0 Å². The average molecular weight is 424 g/mol. The quantitative estimate of drug-likeness (QED) is 0.424. The van der Waals surface area contributed by atoms with E-state index in [1.54, 1.807) is 0 Å². The Balaban J connectivity index is 1.25. The highest BCUT2D eigenvalue weighted by Gasteiger charge is 2.23. The van der Waals surface area contributed by atoms with Gasteiger partial charge in [-0.1, -0.05) is 23.5 Å². The Kier molecular flexibility index (Phi) is 5.02. The number of furan rings is 1. The molecule has 0 radical (unpaired) electrons. The molecule has 0 amide bonds. The van der Waals surface area contributed by atoms with E-state index in [-0.39, 0.29) is 6.10 Å². The van der Waals surface area contributed by atoms with Crippen molar-refractivity contribution >= 4 is 38.7 Å². The molecule has 0 aliphatic carbocycles. The molecule has 1 aliphatic rings. The lowest BCUT2D eigenvalue weighted by Gasteiger charge is -2.30. The predicted octanol–water partition coefficient (Wildman–Crippen LogP) is 5.49. The first kappa shape index (κ1) is 18.9. The lowest BCUT2D eigenvalue weighted by molar-refractivity contribution is 0.0175. The third-order valence-electron chi connectivity index (χ3n) is 5.20. The fourth-order valence-electron chi connectivity index (χ4n) is 3.76. The molecule has 1 N–H and O–H groups in total. The minimum atomic E-state index is -1.20. The van der Waals surface area contributed by atoms with Gasteiger partial charge in [-0.25, -0.2) is 9.78 Å². The van der Waals surface area contributed by atoms with Gasteiger partial charge in [0.1, 0.15) is 23.2 Å². The summed E-state index contributed by atoms with van der Waals surface area (Å²) in [5.41, 5.74) is 1.74. The number of hydrogen-bond donors (Lipinski definition) is 1. The van der Waals surface area contributed by atoms with Crippen LogP contribution in [-0.2, 0) is 11.3 Å². The van der Waals surface area contributed by atoms with Crippen molar-refractivity contribution < 1.29 is 23.8 Å². The number of hydrogen-bond acceptors (Lipinski definition) is 7. The minimum absolute atomic E-state index is 0.211. The zero-order valence-electron chi connectivity index (χ0n) is 16.1. The van der Waals surface area contributed by atoms with Crippen molar-refractivity contribution in [3.05, 3.63) is 54.3 Å². The summed E-state index contributed by atoms with van der Waals surface area (Å²) in [6, 6.07) is 15.7. The molecule has 0 unspecified atom stereocenters. The molecule has 0 bridgehead atoms. The van der Waals surface area contributed by atoms with Crippen molar-refractivity contribution in [1.29, 1.82) is 0 Å². The molecule has 0 atom stereocenters. The van der Waals surface area contributed by atoms with Crippen molar-refractivity contribution in [1.82, 2.24) is 9.88 Å². The van der Waals surface area contributed by atoms with Gasteiger partial charge in [-0.15, -0.1) is 0 Å². The number of thiazole rings is 1. The van der Waals surface area contributed by atoms with E-state index in [1.807, 2.05) is 48.5 Å². The summed E-state index contributed by atoms with van der Waals surface area (Å²) in [6.07, 6.45) is -0.00873. The first-order chi connectivity index (χ1) is 14.6. The minimum Gasteiger partial charge on any atom is -0.460 e. The number of carboxylic acid groups (broad SMARTS) is 1. The predicted molar refractivity (Wildman–Crippen MR) is 113 cm³/mol. The Morgan fingerprint density at radius 2 is 2.03 bits per heavy atom. The molecule has 0 saturated carbocycles. The molecule has 30 heavy (non-hydrogen) atoms. The molecule has 3 heterocycles. The van der Waals surface area contributed by atoms with E-state index in [1.165, 1.54) is 11.3 Å². The third kappa shape index (κ3) is 4.10. The molecule has 1 aliphatic heterocycles. The lowest BCUT2D eigenvalue weighted by Crippen LogP contribution is -2.37.